The van der Waals surface area contributed by atoms with Gasteiger partial charge in [0, 0.05) is 0 Å². The SMILES string of the molecule is Clc1ccc2ncc(I)n2n1. The van der Waals surface area contributed by atoms with E-state index in [1.807, 2.05) is 6.07 Å². The minimum atomic E-state index is 0.480. The Morgan fingerprint density at radius 3 is 3.09 bits per heavy atom. The maximum atomic E-state index is 5.68. The van der Waals surface area contributed by atoms with Crippen molar-refractivity contribution in [2.45, 2.75) is 0 Å². The van der Waals surface area contributed by atoms with E-state index in [1.165, 1.54) is 0 Å². The highest BCUT2D eigenvalue weighted by Gasteiger charge is 1.99. The number of halogens is 2. The summed E-state index contributed by atoms with van der Waals surface area (Å²) in [7, 11) is 0. The summed E-state index contributed by atoms with van der Waals surface area (Å²) < 4.78 is 2.66. The lowest BCUT2D eigenvalue weighted by molar-refractivity contribution is 0.914. The van der Waals surface area contributed by atoms with E-state index in [0.717, 1.165) is 9.35 Å². The molecule has 0 fully saturated rings. The van der Waals surface area contributed by atoms with Crippen LogP contribution in [0.3, 0.4) is 0 Å². The van der Waals surface area contributed by atoms with E-state index in [2.05, 4.69) is 32.7 Å². The van der Waals surface area contributed by atoms with Crippen molar-refractivity contribution in [3.63, 3.8) is 0 Å². The number of hydrogen-bond acceptors (Lipinski definition) is 2. The summed E-state index contributed by atoms with van der Waals surface area (Å²) in [5, 5.41) is 4.53. The molecule has 0 radical (unpaired) electrons. The second-order valence-corrected chi connectivity index (χ2v) is 3.50. The van der Waals surface area contributed by atoms with E-state index in [4.69, 9.17) is 11.6 Å². The molecule has 3 nitrogen and oxygen atoms in total. The van der Waals surface area contributed by atoms with Gasteiger partial charge in [0.05, 0.1) is 6.20 Å². The van der Waals surface area contributed by atoms with Crippen LogP contribution in [0.1, 0.15) is 0 Å². The lowest BCUT2D eigenvalue weighted by atomic mass is 10.6. The Balaban J connectivity index is 2.87. The average molecular weight is 279 g/mol. The van der Waals surface area contributed by atoms with Crippen LogP contribution in [0.25, 0.3) is 5.65 Å². The normalized spacial score (nSPS) is 10.7. The quantitative estimate of drug-likeness (QED) is 0.690. The zero-order valence-corrected chi connectivity index (χ0v) is 8.24. The van der Waals surface area contributed by atoms with E-state index in [-0.39, 0.29) is 0 Å². The second-order valence-electron chi connectivity index (χ2n) is 2.01. The van der Waals surface area contributed by atoms with Gasteiger partial charge in [-0.15, -0.1) is 0 Å². The summed E-state index contributed by atoms with van der Waals surface area (Å²) in [6.45, 7) is 0. The number of imidazole rings is 1. The Bertz CT molecular complexity index is 398. The second kappa shape index (κ2) is 2.60. The Kier molecular flexibility index (Phi) is 1.72. The Labute approximate surface area is 81.5 Å². The molecule has 0 aliphatic rings. The Morgan fingerprint density at radius 1 is 1.45 bits per heavy atom. The number of aromatic nitrogens is 3. The largest absolute Gasteiger partial charge is 0.234 e. The fourth-order valence-corrected chi connectivity index (χ4v) is 1.46. The van der Waals surface area contributed by atoms with Crippen molar-refractivity contribution in [3.8, 4) is 0 Å². The van der Waals surface area contributed by atoms with Gasteiger partial charge in [0.25, 0.3) is 0 Å². The third-order valence-electron chi connectivity index (χ3n) is 1.29. The lowest BCUT2D eigenvalue weighted by Crippen LogP contribution is -1.92. The molecule has 2 aromatic heterocycles. The van der Waals surface area contributed by atoms with Gasteiger partial charge < -0.3 is 0 Å². The van der Waals surface area contributed by atoms with E-state index in [9.17, 15) is 0 Å². The first kappa shape index (κ1) is 7.30. The van der Waals surface area contributed by atoms with Crippen LogP contribution in [0.4, 0.5) is 0 Å². The van der Waals surface area contributed by atoms with Gasteiger partial charge >= 0.3 is 0 Å². The molecule has 0 aliphatic heterocycles. The molecular formula is C6H3ClIN3. The van der Waals surface area contributed by atoms with Crippen LogP contribution in [0.2, 0.25) is 5.15 Å². The van der Waals surface area contributed by atoms with E-state index in [1.54, 1.807) is 16.8 Å². The molecule has 0 saturated carbocycles. The molecular weight excluding hydrogens is 276 g/mol. The monoisotopic (exact) mass is 279 g/mol. The van der Waals surface area contributed by atoms with Gasteiger partial charge in [-0.25, -0.2) is 9.50 Å². The van der Waals surface area contributed by atoms with Crippen molar-refractivity contribution >= 4 is 39.8 Å². The first-order chi connectivity index (χ1) is 5.27. The Hall–Kier alpha value is -0.360. The number of rotatable bonds is 0. The average Bonchev–Trinajstić information content (AvgIpc) is 2.33. The minimum absolute atomic E-state index is 0.480. The van der Waals surface area contributed by atoms with Gasteiger partial charge in [-0.2, -0.15) is 5.10 Å². The zero-order valence-electron chi connectivity index (χ0n) is 5.33. The summed E-state index contributed by atoms with van der Waals surface area (Å²) in [5.74, 6) is 0. The molecule has 0 unspecified atom stereocenters. The standard InChI is InChI=1S/C6H3ClIN3/c7-4-1-2-6-9-3-5(8)11(6)10-4/h1-3H. The summed E-state index contributed by atoms with van der Waals surface area (Å²) in [6.07, 6.45) is 1.75. The van der Waals surface area contributed by atoms with Crippen molar-refractivity contribution in [3.05, 3.63) is 27.2 Å². The fraction of sp³-hybridized carbons (Fsp3) is 0. The van der Waals surface area contributed by atoms with Crippen LogP contribution in [0.5, 0.6) is 0 Å². The molecule has 5 heteroatoms. The lowest BCUT2D eigenvalue weighted by Gasteiger charge is -1.92. The van der Waals surface area contributed by atoms with Gasteiger partial charge in [-0.3, -0.25) is 0 Å². The predicted molar refractivity (Wildman–Crippen MR) is 50.7 cm³/mol. The summed E-state index contributed by atoms with van der Waals surface area (Å²) >= 11 is 7.83. The van der Waals surface area contributed by atoms with Crippen molar-refractivity contribution in [2.24, 2.45) is 0 Å². The molecule has 11 heavy (non-hydrogen) atoms. The summed E-state index contributed by atoms with van der Waals surface area (Å²) in [4.78, 5) is 4.09. The number of fused-ring (bicyclic) bond motifs is 1. The third-order valence-corrected chi connectivity index (χ3v) is 2.23. The van der Waals surface area contributed by atoms with E-state index < -0.39 is 0 Å². The van der Waals surface area contributed by atoms with E-state index >= 15 is 0 Å². The molecule has 56 valence electrons. The summed E-state index contributed by atoms with van der Waals surface area (Å²) in [5.41, 5.74) is 0.818. The molecule has 0 bridgehead atoms. The van der Waals surface area contributed by atoms with Gasteiger partial charge in [-0.1, -0.05) is 11.6 Å². The molecule has 0 spiro atoms. The molecule has 0 atom stereocenters. The van der Waals surface area contributed by atoms with Crippen molar-refractivity contribution in [1.29, 1.82) is 0 Å². The van der Waals surface area contributed by atoms with Crippen LogP contribution in [-0.4, -0.2) is 14.6 Å². The maximum Gasteiger partial charge on any atom is 0.154 e. The number of nitrogens with zero attached hydrogens (tertiary/aromatic N) is 3. The smallest absolute Gasteiger partial charge is 0.154 e. The third kappa shape index (κ3) is 1.20. The molecule has 2 heterocycles. The predicted octanol–water partition coefficient (Wildman–Crippen LogP) is 1.99. The van der Waals surface area contributed by atoms with Crippen LogP contribution < -0.4 is 0 Å². The van der Waals surface area contributed by atoms with Gasteiger partial charge in [0.1, 0.15) is 8.85 Å². The van der Waals surface area contributed by atoms with Crippen molar-refractivity contribution in [1.82, 2.24) is 14.6 Å². The van der Waals surface area contributed by atoms with Gasteiger partial charge in [-0.05, 0) is 34.7 Å². The highest BCUT2D eigenvalue weighted by molar-refractivity contribution is 14.1. The molecule has 0 aliphatic carbocycles. The zero-order chi connectivity index (χ0) is 7.84. The first-order valence-electron chi connectivity index (χ1n) is 2.93. The first-order valence-corrected chi connectivity index (χ1v) is 4.39. The molecule has 0 amide bonds. The highest BCUT2D eigenvalue weighted by Crippen LogP contribution is 2.10. The maximum absolute atomic E-state index is 5.68. The molecule has 2 aromatic rings. The van der Waals surface area contributed by atoms with Crippen molar-refractivity contribution in [2.75, 3.05) is 0 Å². The van der Waals surface area contributed by atoms with Gasteiger partial charge in [0.15, 0.2) is 5.65 Å². The minimum Gasteiger partial charge on any atom is -0.234 e. The van der Waals surface area contributed by atoms with E-state index in [0.29, 0.717) is 5.15 Å². The van der Waals surface area contributed by atoms with Gasteiger partial charge in [0.2, 0.25) is 0 Å². The fourth-order valence-electron chi connectivity index (χ4n) is 0.823. The summed E-state index contributed by atoms with van der Waals surface area (Å²) in [6, 6.07) is 3.55. The van der Waals surface area contributed by atoms with Crippen molar-refractivity contribution < 1.29 is 0 Å². The van der Waals surface area contributed by atoms with Crippen LogP contribution in [0.15, 0.2) is 18.3 Å². The van der Waals surface area contributed by atoms with Crippen LogP contribution in [-0.2, 0) is 0 Å². The molecule has 2 rings (SSSR count). The van der Waals surface area contributed by atoms with Crippen LogP contribution >= 0.6 is 34.2 Å². The highest BCUT2D eigenvalue weighted by atomic mass is 127. The number of hydrogen-bond donors (Lipinski definition) is 0. The Morgan fingerprint density at radius 2 is 2.27 bits per heavy atom. The molecule has 0 N–H and O–H groups in total. The van der Waals surface area contributed by atoms with Crippen LogP contribution in [0, 0.1) is 3.70 Å². The molecule has 0 saturated heterocycles. The molecule has 0 aromatic carbocycles. The topological polar surface area (TPSA) is 30.2 Å².